The first kappa shape index (κ1) is 15.5. The maximum atomic E-state index is 12.3. The van der Waals surface area contributed by atoms with Crippen molar-refractivity contribution in [3.63, 3.8) is 0 Å². The van der Waals surface area contributed by atoms with Crippen molar-refractivity contribution in [1.29, 1.82) is 0 Å². The van der Waals surface area contributed by atoms with E-state index in [1.807, 2.05) is 37.3 Å². The highest BCUT2D eigenvalue weighted by molar-refractivity contribution is 7.90. The van der Waals surface area contributed by atoms with Gasteiger partial charge in [-0.25, -0.2) is 13.1 Å². The molecular weight excluding hydrogens is 274 g/mol. The lowest BCUT2D eigenvalue weighted by atomic mass is 9.97. The number of nitrogens with one attached hydrogen (secondary N) is 1. The van der Waals surface area contributed by atoms with E-state index in [9.17, 15) is 8.42 Å². The number of hydrogen-bond acceptors (Lipinski definition) is 3. The normalized spacial score (nSPS) is 24.7. The Balaban J connectivity index is 1.99. The molecule has 1 aromatic carbocycles. The maximum absolute atomic E-state index is 12.3. The highest BCUT2D eigenvalue weighted by Gasteiger charge is 2.35. The van der Waals surface area contributed by atoms with Crippen LogP contribution >= 0.6 is 0 Å². The van der Waals surface area contributed by atoms with Gasteiger partial charge in [0.05, 0.1) is 6.10 Å². The zero-order valence-electron chi connectivity index (χ0n) is 12.1. The van der Waals surface area contributed by atoms with Gasteiger partial charge in [0.25, 0.3) is 0 Å². The van der Waals surface area contributed by atoms with Gasteiger partial charge in [-0.3, -0.25) is 0 Å². The monoisotopic (exact) mass is 297 g/mol. The highest BCUT2D eigenvalue weighted by atomic mass is 32.2. The molecule has 112 valence electrons. The fraction of sp³-hybridized carbons (Fsp3) is 0.600. The van der Waals surface area contributed by atoms with E-state index in [-0.39, 0.29) is 12.0 Å². The van der Waals surface area contributed by atoms with Gasteiger partial charge < -0.3 is 4.74 Å². The minimum absolute atomic E-state index is 0.212. The van der Waals surface area contributed by atoms with Crippen LogP contribution in [0.25, 0.3) is 0 Å². The molecule has 1 saturated heterocycles. The van der Waals surface area contributed by atoms with Gasteiger partial charge in [0.1, 0.15) is 5.25 Å². The van der Waals surface area contributed by atoms with E-state index in [0.29, 0.717) is 19.6 Å². The number of hydrogen-bond donors (Lipinski definition) is 1. The van der Waals surface area contributed by atoms with Crippen LogP contribution in [0.15, 0.2) is 30.3 Å². The Hall–Kier alpha value is -0.910. The number of benzene rings is 1. The second-order valence-corrected chi connectivity index (χ2v) is 7.30. The van der Waals surface area contributed by atoms with Gasteiger partial charge in [0.2, 0.25) is 10.0 Å². The molecule has 0 bridgehead atoms. The molecule has 1 aromatic rings. The first-order valence-electron chi connectivity index (χ1n) is 7.19. The Labute approximate surface area is 121 Å². The van der Waals surface area contributed by atoms with Gasteiger partial charge in [-0.2, -0.15) is 0 Å². The summed E-state index contributed by atoms with van der Waals surface area (Å²) < 4.78 is 32.7. The molecule has 0 aromatic heterocycles. The van der Waals surface area contributed by atoms with Crippen LogP contribution in [0.5, 0.6) is 0 Å². The molecule has 5 heteroatoms. The lowest BCUT2D eigenvalue weighted by Gasteiger charge is -2.20. The quantitative estimate of drug-likeness (QED) is 0.876. The van der Waals surface area contributed by atoms with Crippen LogP contribution in [0.4, 0.5) is 0 Å². The summed E-state index contributed by atoms with van der Waals surface area (Å²) >= 11 is 0. The lowest BCUT2D eigenvalue weighted by molar-refractivity contribution is 0.126. The largest absolute Gasteiger partial charge is 0.377 e. The van der Waals surface area contributed by atoms with Crippen molar-refractivity contribution in [3.8, 4) is 0 Å². The standard InChI is InChI=1S/C15H23NO3S/c1-3-13(14-7-5-4-6-8-14)11-16-20(17,18)15-9-10-19-12(15)2/h4-8,12-13,15-16H,3,9-11H2,1-2H3/t12-,13-,15-/m1/s1. The van der Waals surface area contributed by atoms with Crippen molar-refractivity contribution >= 4 is 10.0 Å². The maximum Gasteiger partial charge on any atom is 0.217 e. The van der Waals surface area contributed by atoms with Crippen molar-refractivity contribution in [2.75, 3.05) is 13.2 Å². The average Bonchev–Trinajstić information content (AvgIpc) is 2.88. The molecule has 1 fully saturated rings. The van der Waals surface area contributed by atoms with Crippen LogP contribution in [0.2, 0.25) is 0 Å². The van der Waals surface area contributed by atoms with Gasteiger partial charge in [0, 0.05) is 13.2 Å². The SMILES string of the molecule is CC[C@H](CNS(=O)(=O)[C@@H]1CCO[C@@H]1C)c1ccccc1. The van der Waals surface area contributed by atoms with Crippen LogP contribution in [-0.2, 0) is 14.8 Å². The fourth-order valence-corrected chi connectivity index (χ4v) is 4.30. The molecule has 0 spiro atoms. The molecule has 2 rings (SSSR count). The van der Waals surface area contributed by atoms with Gasteiger partial charge in [-0.1, -0.05) is 37.3 Å². The molecule has 1 heterocycles. The molecule has 1 N–H and O–H groups in total. The predicted molar refractivity (Wildman–Crippen MR) is 80.2 cm³/mol. The number of ether oxygens (including phenoxy) is 1. The van der Waals surface area contributed by atoms with E-state index in [1.165, 1.54) is 5.56 Å². The van der Waals surface area contributed by atoms with Crippen LogP contribution in [0, 0.1) is 0 Å². The summed E-state index contributed by atoms with van der Waals surface area (Å²) in [6, 6.07) is 10.0. The zero-order valence-corrected chi connectivity index (χ0v) is 12.9. The van der Waals surface area contributed by atoms with E-state index in [0.717, 1.165) is 6.42 Å². The highest BCUT2D eigenvalue weighted by Crippen LogP contribution is 2.22. The molecule has 0 aliphatic carbocycles. The first-order chi connectivity index (χ1) is 9.54. The van der Waals surface area contributed by atoms with Crippen molar-refractivity contribution in [1.82, 2.24) is 4.72 Å². The molecule has 4 nitrogen and oxygen atoms in total. The van der Waals surface area contributed by atoms with Crippen LogP contribution in [0.3, 0.4) is 0 Å². The Kier molecular flexibility index (Phi) is 5.18. The molecular formula is C15H23NO3S. The van der Waals surface area contributed by atoms with E-state index in [4.69, 9.17) is 4.74 Å². The zero-order chi connectivity index (χ0) is 14.6. The van der Waals surface area contributed by atoms with Gasteiger partial charge in [-0.05, 0) is 31.2 Å². The summed E-state index contributed by atoms with van der Waals surface area (Å²) in [5.41, 5.74) is 1.17. The molecule has 1 aliphatic heterocycles. The van der Waals surface area contributed by atoms with Crippen molar-refractivity contribution in [3.05, 3.63) is 35.9 Å². The summed E-state index contributed by atoms with van der Waals surface area (Å²) in [5, 5.41) is -0.421. The fourth-order valence-electron chi connectivity index (χ4n) is 2.67. The Morgan fingerprint density at radius 1 is 1.35 bits per heavy atom. The molecule has 0 saturated carbocycles. The lowest BCUT2D eigenvalue weighted by Crippen LogP contribution is -2.39. The Bertz CT molecular complexity index is 515. The Morgan fingerprint density at radius 2 is 2.05 bits per heavy atom. The van der Waals surface area contributed by atoms with Gasteiger partial charge >= 0.3 is 0 Å². The molecule has 3 atom stereocenters. The number of sulfonamides is 1. The first-order valence-corrected chi connectivity index (χ1v) is 8.74. The smallest absolute Gasteiger partial charge is 0.217 e. The average molecular weight is 297 g/mol. The summed E-state index contributed by atoms with van der Waals surface area (Å²) in [7, 11) is -3.30. The minimum Gasteiger partial charge on any atom is -0.377 e. The third-order valence-corrected chi connectivity index (χ3v) is 5.99. The topological polar surface area (TPSA) is 55.4 Å². The van der Waals surface area contributed by atoms with E-state index >= 15 is 0 Å². The summed E-state index contributed by atoms with van der Waals surface area (Å²) in [5.74, 6) is 0.212. The van der Waals surface area contributed by atoms with Crippen molar-refractivity contribution in [2.24, 2.45) is 0 Å². The summed E-state index contributed by atoms with van der Waals surface area (Å²) in [6.07, 6.45) is 1.27. The summed E-state index contributed by atoms with van der Waals surface area (Å²) in [4.78, 5) is 0. The second kappa shape index (κ2) is 6.70. The van der Waals surface area contributed by atoms with E-state index < -0.39 is 15.3 Å². The molecule has 0 amide bonds. The van der Waals surface area contributed by atoms with Crippen LogP contribution < -0.4 is 4.72 Å². The molecule has 0 unspecified atom stereocenters. The van der Waals surface area contributed by atoms with Gasteiger partial charge in [-0.15, -0.1) is 0 Å². The molecule has 1 aliphatic rings. The third-order valence-electron chi connectivity index (χ3n) is 4.00. The molecule has 0 radical (unpaired) electrons. The van der Waals surface area contributed by atoms with Gasteiger partial charge in [0.15, 0.2) is 0 Å². The number of rotatable bonds is 6. The van der Waals surface area contributed by atoms with Crippen molar-refractivity contribution < 1.29 is 13.2 Å². The Morgan fingerprint density at radius 3 is 2.60 bits per heavy atom. The third kappa shape index (κ3) is 3.59. The van der Waals surface area contributed by atoms with E-state index in [2.05, 4.69) is 11.6 Å². The second-order valence-electron chi connectivity index (χ2n) is 5.31. The summed E-state index contributed by atoms with van der Waals surface area (Å²) in [6.45, 7) is 4.88. The van der Waals surface area contributed by atoms with Crippen LogP contribution in [0.1, 0.15) is 38.2 Å². The minimum atomic E-state index is -3.30. The van der Waals surface area contributed by atoms with Crippen LogP contribution in [-0.4, -0.2) is 32.9 Å². The molecule has 20 heavy (non-hydrogen) atoms. The van der Waals surface area contributed by atoms with Crippen molar-refractivity contribution in [2.45, 2.75) is 44.0 Å². The van der Waals surface area contributed by atoms with E-state index in [1.54, 1.807) is 0 Å². The predicted octanol–water partition coefficient (Wildman–Crippen LogP) is 2.28.